The molecule has 1 N–H and O–H groups in total. The fourth-order valence-corrected chi connectivity index (χ4v) is 2.45. The van der Waals surface area contributed by atoms with Crippen LogP contribution in [0.25, 0.3) is 0 Å². The Morgan fingerprint density at radius 2 is 2.00 bits per heavy atom. The molecule has 0 aliphatic heterocycles. The van der Waals surface area contributed by atoms with Crippen LogP contribution >= 0.6 is 0 Å². The molecule has 0 spiro atoms. The van der Waals surface area contributed by atoms with Crippen LogP contribution in [0.2, 0.25) is 0 Å². The van der Waals surface area contributed by atoms with Gasteiger partial charge in [0.05, 0.1) is 12.5 Å². The smallest absolute Gasteiger partial charge is 0.0935 e. The lowest BCUT2D eigenvalue weighted by Gasteiger charge is -2.21. The third-order valence-corrected chi connectivity index (χ3v) is 3.47. The Bertz CT molecular complexity index is 476. The minimum atomic E-state index is 0.369. The van der Waals surface area contributed by atoms with Crippen LogP contribution in [0, 0.1) is 0 Å². The molecule has 2 rings (SSSR count). The van der Waals surface area contributed by atoms with Crippen molar-refractivity contribution in [3.05, 3.63) is 59.5 Å². The maximum Gasteiger partial charge on any atom is 0.0935 e. The summed E-state index contributed by atoms with van der Waals surface area (Å²) in [6.07, 6.45) is 6.79. The van der Waals surface area contributed by atoms with E-state index >= 15 is 0 Å². The van der Waals surface area contributed by atoms with Crippen LogP contribution in [0.15, 0.2) is 47.3 Å². The average Bonchev–Trinajstić information content (AvgIpc) is 2.96. The van der Waals surface area contributed by atoms with Crippen LogP contribution in [-0.2, 0) is 12.8 Å². The molecule has 1 atom stereocenters. The van der Waals surface area contributed by atoms with Crippen molar-refractivity contribution in [2.45, 2.75) is 39.2 Å². The van der Waals surface area contributed by atoms with Crippen LogP contribution in [0.1, 0.15) is 43.0 Å². The van der Waals surface area contributed by atoms with E-state index in [4.69, 9.17) is 4.42 Å². The molecule has 0 aliphatic carbocycles. The Balaban J connectivity index is 2.20. The SMILES string of the molecule is CCCNC(Cc1ccoc1)c1ccccc1CC. The summed E-state index contributed by atoms with van der Waals surface area (Å²) in [7, 11) is 0. The first-order valence-electron chi connectivity index (χ1n) is 7.17. The van der Waals surface area contributed by atoms with Gasteiger partial charge in [0.25, 0.3) is 0 Å². The predicted molar refractivity (Wildman–Crippen MR) is 79.3 cm³/mol. The number of hydrogen-bond acceptors (Lipinski definition) is 2. The quantitative estimate of drug-likeness (QED) is 0.807. The van der Waals surface area contributed by atoms with Gasteiger partial charge in [-0.05, 0) is 48.6 Å². The zero-order chi connectivity index (χ0) is 13.5. The van der Waals surface area contributed by atoms with E-state index in [-0.39, 0.29) is 0 Å². The molecule has 0 saturated heterocycles. The van der Waals surface area contributed by atoms with Crippen molar-refractivity contribution in [2.24, 2.45) is 0 Å². The summed E-state index contributed by atoms with van der Waals surface area (Å²) in [5, 5.41) is 3.66. The average molecular weight is 257 g/mol. The molecular formula is C17H23NO. The molecule has 102 valence electrons. The molecule has 0 amide bonds. The van der Waals surface area contributed by atoms with Crippen molar-refractivity contribution in [1.29, 1.82) is 0 Å². The van der Waals surface area contributed by atoms with Gasteiger partial charge >= 0.3 is 0 Å². The lowest BCUT2D eigenvalue weighted by molar-refractivity contribution is 0.518. The summed E-state index contributed by atoms with van der Waals surface area (Å²) >= 11 is 0. The number of benzene rings is 1. The van der Waals surface area contributed by atoms with Crippen molar-refractivity contribution in [3.63, 3.8) is 0 Å². The summed E-state index contributed by atoms with van der Waals surface area (Å²) in [5.41, 5.74) is 4.10. The molecule has 2 nitrogen and oxygen atoms in total. The minimum Gasteiger partial charge on any atom is -0.472 e. The van der Waals surface area contributed by atoms with Crippen LogP contribution in [0.5, 0.6) is 0 Å². The van der Waals surface area contributed by atoms with Gasteiger partial charge in [0, 0.05) is 6.04 Å². The van der Waals surface area contributed by atoms with E-state index in [0.717, 1.165) is 25.8 Å². The van der Waals surface area contributed by atoms with Crippen LogP contribution < -0.4 is 5.32 Å². The topological polar surface area (TPSA) is 25.2 Å². The molecule has 2 aromatic rings. The Kier molecular flexibility index (Phi) is 5.22. The molecule has 1 heterocycles. The molecule has 1 aromatic heterocycles. The van der Waals surface area contributed by atoms with Crippen LogP contribution in [-0.4, -0.2) is 6.54 Å². The van der Waals surface area contributed by atoms with E-state index in [9.17, 15) is 0 Å². The summed E-state index contributed by atoms with van der Waals surface area (Å²) in [6.45, 7) is 5.46. The second kappa shape index (κ2) is 7.15. The fraction of sp³-hybridized carbons (Fsp3) is 0.412. The summed E-state index contributed by atoms with van der Waals surface area (Å²) in [4.78, 5) is 0. The Hall–Kier alpha value is -1.54. The monoisotopic (exact) mass is 257 g/mol. The highest BCUT2D eigenvalue weighted by molar-refractivity contribution is 5.31. The van der Waals surface area contributed by atoms with Gasteiger partial charge in [-0.3, -0.25) is 0 Å². The Labute approximate surface area is 115 Å². The molecule has 19 heavy (non-hydrogen) atoms. The lowest BCUT2D eigenvalue weighted by Crippen LogP contribution is -2.25. The zero-order valence-corrected chi connectivity index (χ0v) is 11.9. The maximum atomic E-state index is 5.18. The molecule has 0 fully saturated rings. The number of nitrogens with one attached hydrogen (secondary N) is 1. The molecule has 2 heteroatoms. The van der Waals surface area contributed by atoms with Gasteiger partial charge in [0.2, 0.25) is 0 Å². The van der Waals surface area contributed by atoms with Crippen molar-refractivity contribution in [3.8, 4) is 0 Å². The standard InChI is InChI=1S/C17H23NO/c1-3-10-18-17(12-14-9-11-19-13-14)16-8-6-5-7-15(16)4-2/h5-9,11,13,17-18H,3-4,10,12H2,1-2H3. The first-order valence-corrected chi connectivity index (χ1v) is 7.17. The van der Waals surface area contributed by atoms with E-state index in [2.05, 4.69) is 49.5 Å². The van der Waals surface area contributed by atoms with Crippen LogP contribution in [0.3, 0.4) is 0 Å². The highest BCUT2D eigenvalue weighted by Crippen LogP contribution is 2.23. The molecular weight excluding hydrogens is 234 g/mol. The van der Waals surface area contributed by atoms with Gasteiger partial charge in [-0.1, -0.05) is 38.1 Å². The Morgan fingerprint density at radius 3 is 2.68 bits per heavy atom. The van der Waals surface area contributed by atoms with Crippen LogP contribution in [0.4, 0.5) is 0 Å². The van der Waals surface area contributed by atoms with E-state index < -0.39 is 0 Å². The molecule has 0 aliphatic rings. The van der Waals surface area contributed by atoms with E-state index in [1.165, 1.54) is 16.7 Å². The number of aryl methyl sites for hydroxylation is 1. The van der Waals surface area contributed by atoms with Crippen molar-refractivity contribution >= 4 is 0 Å². The summed E-state index contributed by atoms with van der Waals surface area (Å²) < 4.78 is 5.18. The third-order valence-electron chi connectivity index (χ3n) is 3.47. The van der Waals surface area contributed by atoms with Gasteiger partial charge in [-0.2, -0.15) is 0 Å². The molecule has 0 saturated carbocycles. The molecule has 1 unspecified atom stereocenters. The summed E-state index contributed by atoms with van der Waals surface area (Å²) in [5.74, 6) is 0. The highest BCUT2D eigenvalue weighted by atomic mass is 16.3. The molecule has 0 radical (unpaired) electrons. The summed E-state index contributed by atoms with van der Waals surface area (Å²) in [6, 6.07) is 11.1. The number of rotatable bonds is 7. The zero-order valence-electron chi connectivity index (χ0n) is 11.9. The van der Waals surface area contributed by atoms with Gasteiger partial charge < -0.3 is 9.73 Å². The third kappa shape index (κ3) is 3.71. The van der Waals surface area contributed by atoms with Gasteiger partial charge in [0.15, 0.2) is 0 Å². The van der Waals surface area contributed by atoms with E-state index in [1.807, 2.05) is 6.26 Å². The second-order valence-electron chi connectivity index (χ2n) is 4.89. The minimum absolute atomic E-state index is 0.369. The molecule has 0 bridgehead atoms. The number of hydrogen-bond donors (Lipinski definition) is 1. The normalized spacial score (nSPS) is 12.5. The Morgan fingerprint density at radius 1 is 1.16 bits per heavy atom. The first kappa shape index (κ1) is 13.9. The number of furan rings is 1. The maximum absolute atomic E-state index is 5.18. The second-order valence-corrected chi connectivity index (χ2v) is 4.89. The van der Waals surface area contributed by atoms with Crippen molar-refractivity contribution in [1.82, 2.24) is 5.32 Å². The predicted octanol–water partition coefficient (Wildman–Crippen LogP) is 4.13. The van der Waals surface area contributed by atoms with Gasteiger partial charge in [-0.25, -0.2) is 0 Å². The fourth-order valence-electron chi connectivity index (χ4n) is 2.45. The first-order chi connectivity index (χ1) is 9.35. The van der Waals surface area contributed by atoms with Crippen molar-refractivity contribution < 1.29 is 4.42 Å². The van der Waals surface area contributed by atoms with E-state index in [1.54, 1.807) is 6.26 Å². The molecule has 1 aromatic carbocycles. The largest absolute Gasteiger partial charge is 0.472 e. The highest BCUT2D eigenvalue weighted by Gasteiger charge is 2.14. The van der Waals surface area contributed by atoms with E-state index in [0.29, 0.717) is 6.04 Å². The van der Waals surface area contributed by atoms with Gasteiger partial charge in [-0.15, -0.1) is 0 Å². The lowest BCUT2D eigenvalue weighted by atomic mass is 9.94. The van der Waals surface area contributed by atoms with Crippen molar-refractivity contribution in [2.75, 3.05) is 6.54 Å². The van der Waals surface area contributed by atoms with Gasteiger partial charge in [0.1, 0.15) is 0 Å².